The predicted molar refractivity (Wildman–Crippen MR) is 94.5 cm³/mol. The minimum atomic E-state index is -4.49. The third-order valence-corrected chi connectivity index (χ3v) is 3.76. The van der Waals surface area contributed by atoms with Crippen molar-refractivity contribution in [2.45, 2.75) is 25.0 Å². The molecule has 0 spiro atoms. The van der Waals surface area contributed by atoms with Crippen molar-refractivity contribution in [3.8, 4) is 5.75 Å². The number of ether oxygens (including phenoxy) is 1. The van der Waals surface area contributed by atoms with Crippen molar-refractivity contribution in [3.05, 3.63) is 42.5 Å². The zero-order valence-electron chi connectivity index (χ0n) is 13.5. The Labute approximate surface area is 157 Å². The summed E-state index contributed by atoms with van der Waals surface area (Å²) in [6.07, 6.45) is -5.83. The second-order valence-electron chi connectivity index (χ2n) is 5.36. The van der Waals surface area contributed by atoms with Crippen LogP contribution in [0.5, 0.6) is 5.75 Å². The van der Waals surface area contributed by atoms with Crippen molar-refractivity contribution < 1.29 is 22.3 Å². The van der Waals surface area contributed by atoms with Crippen LogP contribution < -0.4 is 10.1 Å². The van der Waals surface area contributed by atoms with Crippen LogP contribution in [0.15, 0.2) is 36.9 Å². The van der Waals surface area contributed by atoms with Crippen molar-refractivity contribution in [3.63, 3.8) is 0 Å². The maximum Gasteiger partial charge on any atom is 0.461 e. The van der Waals surface area contributed by atoms with Crippen LogP contribution in [-0.2, 0) is 0 Å². The van der Waals surface area contributed by atoms with Crippen LogP contribution in [0.3, 0.4) is 0 Å². The van der Waals surface area contributed by atoms with Gasteiger partial charge in [-0.05, 0) is 24.1 Å². The zero-order chi connectivity index (χ0) is 16.9. The topological polar surface area (TPSA) is 24.5 Å². The number of piperazine rings is 1. The molecule has 2 rings (SSSR count). The normalized spacial score (nSPS) is 16.5. The molecule has 0 bridgehead atoms. The van der Waals surface area contributed by atoms with Gasteiger partial charge in [0.25, 0.3) is 0 Å². The van der Waals surface area contributed by atoms with Crippen molar-refractivity contribution in [1.29, 1.82) is 0 Å². The first-order chi connectivity index (χ1) is 10.9. The van der Waals surface area contributed by atoms with Crippen molar-refractivity contribution in [1.82, 2.24) is 10.2 Å². The van der Waals surface area contributed by atoms with E-state index in [9.17, 15) is 17.6 Å². The molecular weight excluding hydrogens is 383 g/mol. The van der Waals surface area contributed by atoms with Crippen LogP contribution in [-0.4, -0.2) is 43.6 Å². The second-order valence-corrected chi connectivity index (χ2v) is 5.36. The summed E-state index contributed by atoms with van der Waals surface area (Å²) >= 11 is 0. The molecule has 1 saturated heterocycles. The van der Waals surface area contributed by atoms with Gasteiger partial charge in [0.2, 0.25) is 0 Å². The van der Waals surface area contributed by atoms with E-state index in [1.165, 1.54) is 12.1 Å². The summed E-state index contributed by atoms with van der Waals surface area (Å²) in [4.78, 5) is 2.28. The SMILES string of the molecule is C=CC[C@H](c1ccc(OC(F)(F)C(F)F)cc1)N1CCNCC1.Cl.Cl. The van der Waals surface area contributed by atoms with Crippen molar-refractivity contribution in [2.75, 3.05) is 26.2 Å². The summed E-state index contributed by atoms with van der Waals surface area (Å²) in [7, 11) is 0. The van der Waals surface area contributed by atoms with E-state index in [0.717, 1.165) is 31.7 Å². The molecule has 1 N–H and O–H groups in total. The van der Waals surface area contributed by atoms with Gasteiger partial charge >= 0.3 is 12.5 Å². The number of halogens is 6. The van der Waals surface area contributed by atoms with Crippen LogP contribution >= 0.6 is 24.8 Å². The summed E-state index contributed by atoms with van der Waals surface area (Å²) in [5.74, 6) is -0.281. The lowest BCUT2D eigenvalue weighted by Gasteiger charge is -2.34. The van der Waals surface area contributed by atoms with Crippen LogP contribution in [0.1, 0.15) is 18.0 Å². The Kier molecular flexibility index (Phi) is 10.4. The van der Waals surface area contributed by atoms with E-state index in [-0.39, 0.29) is 36.6 Å². The van der Waals surface area contributed by atoms with E-state index in [0.29, 0.717) is 6.42 Å². The Morgan fingerprint density at radius 2 is 1.72 bits per heavy atom. The lowest BCUT2D eigenvalue weighted by atomic mass is 10.0. The number of rotatable bonds is 7. The number of hydrogen-bond acceptors (Lipinski definition) is 3. The molecule has 1 atom stereocenters. The second kappa shape index (κ2) is 10.9. The smallest absolute Gasteiger partial charge is 0.428 e. The molecule has 0 aromatic heterocycles. The average molecular weight is 405 g/mol. The molecule has 0 radical (unpaired) electrons. The third-order valence-electron chi connectivity index (χ3n) is 3.76. The van der Waals surface area contributed by atoms with Crippen LogP contribution in [0.25, 0.3) is 0 Å². The van der Waals surface area contributed by atoms with Gasteiger partial charge in [0.15, 0.2) is 0 Å². The lowest BCUT2D eigenvalue weighted by Crippen LogP contribution is -2.45. The van der Waals surface area contributed by atoms with E-state index in [1.807, 2.05) is 6.08 Å². The number of hydrogen-bond donors (Lipinski definition) is 1. The molecule has 3 nitrogen and oxygen atoms in total. The lowest BCUT2D eigenvalue weighted by molar-refractivity contribution is -0.253. The molecule has 1 aromatic carbocycles. The fourth-order valence-corrected chi connectivity index (χ4v) is 2.61. The molecule has 0 saturated carbocycles. The van der Waals surface area contributed by atoms with Gasteiger partial charge < -0.3 is 10.1 Å². The predicted octanol–water partition coefficient (Wildman–Crippen LogP) is 4.29. The molecule has 1 heterocycles. The van der Waals surface area contributed by atoms with Crippen LogP contribution in [0, 0.1) is 0 Å². The van der Waals surface area contributed by atoms with E-state index in [2.05, 4.69) is 21.5 Å². The minimum absolute atomic E-state index is 0. The van der Waals surface area contributed by atoms with Gasteiger partial charge in [-0.3, -0.25) is 4.90 Å². The summed E-state index contributed by atoms with van der Waals surface area (Å²) in [6.45, 7) is 7.28. The van der Waals surface area contributed by atoms with E-state index >= 15 is 0 Å². The van der Waals surface area contributed by atoms with E-state index < -0.39 is 12.5 Å². The van der Waals surface area contributed by atoms with Gasteiger partial charge in [-0.1, -0.05) is 18.2 Å². The average Bonchev–Trinajstić information content (AvgIpc) is 2.54. The van der Waals surface area contributed by atoms with Crippen LogP contribution in [0.4, 0.5) is 17.6 Å². The largest absolute Gasteiger partial charge is 0.461 e. The first kappa shape index (κ1) is 24.0. The quantitative estimate of drug-likeness (QED) is 0.541. The molecular formula is C16H22Cl2F4N2O. The zero-order valence-corrected chi connectivity index (χ0v) is 15.1. The fourth-order valence-electron chi connectivity index (χ4n) is 2.61. The minimum Gasteiger partial charge on any atom is -0.428 e. The van der Waals surface area contributed by atoms with Gasteiger partial charge in [0.1, 0.15) is 5.75 Å². The molecule has 1 aliphatic rings. The van der Waals surface area contributed by atoms with Crippen LogP contribution in [0.2, 0.25) is 0 Å². The van der Waals surface area contributed by atoms with Crippen molar-refractivity contribution >= 4 is 24.8 Å². The van der Waals surface area contributed by atoms with Gasteiger partial charge in [0, 0.05) is 32.2 Å². The highest BCUT2D eigenvalue weighted by atomic mass is 35.5. The van der Waals surface area contributed by atoms with Gasteiger partial charge in [0.05, 0.1) is 0 Å². The monoisotopic (exact) mass is 404 g/mol. The Hall–Kier alpha value is -1.02. The molecule has 0 aliphatic carbocycles. The molecule has 1 aromatic rings. The van der Waals surface area contributed by atoms with Gasteiger partial charge in [-0.25, -0.2) is 0 Å². The van der Waals surface area contributed by atoms with Crippen molar-refractivity contribution in [2.24, 2.45) is 0 Å². The van der Waals surface area contributed by atoms with E-state index in [1.54, 1.807) is 12.1 Å². The maximum atomic E-state index is 12.9. The number of nitrogens with one attached hydrogen (secondary N) is 1. The Morgan fingerprint density at radius 3 is 2.20 bits per heavy atom. The summed E-state index contributed by atoms with van der Waals surface area (Å²) in [6, 6.07) is 5.94. The standard InChI is InChI=1S/C16H20F4N2O.2ClH/c1-2-3-14(22-10-8-21-9-11-22)12-4-6-13(7-5-12)23-16(19,20)15(17)18;;/h2,4-7,14-15,21H,1,3,8-11H2;2*1H/t14-;;/m1../s1. The number of nitrogens with zero attached hydrogens (tertiary/aromatic N) is 1. The number of alkyl halides is 4. The third kappa shape index (κ3) is 6.66. The van der Waals surface area contributed by atoms with Gasteiger partial charge in [-0.2, -0.15) is 17.6 Å². The highest BCUT2D eigenvalue weighted by molar-refractivity contribution is 5.85. The fraction of sp³-hybridized carbons (Fsp3) is 0.500. The highest BCUT2D eigenvalue weighted by Gasteiger charge is 2.43. The first-order valence-electron chi connectivity index (χ1n) is 7.44. The maximum absolute atomic E-state index is 12.9. The summed E-state index contributed by atoms with van der Waals surface area (Å²) in [5.41, 5.74) is 0.916. The molecule has 9 heteroatoms. The Bertz CT molecular complexity index is 511. The molecule has 0 unspecified atom stereocenters. The number of benzene rings is 1. The molecule has 1 aliphatic heterocycles. The Balaban J connectivity index is 0.00000288. The molecule has 1 fully saturated rings. The first-order valence-corrected chi connectivity index (χ1v) is 7.44. The summed E-state index contributed by atoms with van der Waals surface area (Å²) < 4.78 is 54.2. The molecule has 144 valence electrons. The molecule has 0 amide bonds. The van der Waals surface area contributed by atoms with Gasteiger partial charge in [-0.15, -0.1) is 31.4 Å². The highest BCUT2D eigenvalue weighted by Crippen LogP contribution is 2.30. The van der Waals surface area contributed by atoms with E-state index in [4.69, 9.17) is 0 Å². The molecule has 25 heavy (non-hydrogen) atoms. The summed E-state index contributed by atoms with van der Waals surface area (Å²) in [5, 5.41) is 3.27. The Morgan fingerprint density at radius 1 is 1.16 bits per heavy atom.